The predicted molar refractivity (Wildman–Crippen MR) is 75.8 cm³/mol. The van der Waals surface area contributed by atoms with Crippen molar-refractivity contribution < 1.29 is 4.79 Å². The molecule has 1 N–H and O–H groups in total. The number of benzene rings is 1. The largest absolute Gasteiger partial charge is 0.289 e. The van der Waals surface area contributed by atoms with Crippen molar-refractivity contribution in [1.82, 2.24) is 10.4 Å². The number of hydrazone groups is 1. The molecule has 2 rings (SSSR count). The van der Waals surface area contributed by atoms with E-state index in [0.717, 1.165) is 0 Å². The van der Waals surface area contributed by atoms with Crippen LogP contribution in [0.2, 0.25) is 10.0 Å². The van der Waals surface area contributed by atoms with Crippen LogP contribution in [0.1, 0.15) is 16.1 Å². The summed E-state index contributed by atoms with van der Waals surface area (Å²) in [6.45, 7) is 0. The molecule has 0 bridgehead atoms. The number of hydrogen-bond donors (Lipinski definition) is 1. The van der Waals surface area contributed by atoms with Gasteiger partial charge in [-0.2, -0.15) is 5.10 Å². The standard InChI is InChI=1S/C13H9Cl2N3O/c14-10-4-3-5-11(15)9(10)8-17-18-13(19)12-6-1-2-7-16-12/h1-8H,(H,18,19)/b17-8-. The first-order valence-electron chi connectivity index (χ1n) is 5.37. The molecule has 96 valence electrons. The Kier molecular flexibility index (Phi) is 4.49. The molecule has 1 aromatic carbocycles. The number of rotatable bonds is 3. The number of amides is 1. The van der Waals surface area contributed by atoms with Crippen LogP contribution in [0, 0.1) is 0 Å². The molecule has 1 heterocycles. The van der Waals surface area contributed by atoms with E-state index in [9.17, 15) is 4.79 Å². The maximum absolute atomic E-state index is 11.7. The van der Waals surface area contributed by atoms with Crippen LogP contribution in [0.4, 0.5) is 0 Å². The van der Waals surface area contributed by atoms with Crippen LogP contribution in [-0.2, 0) is 0 Å². The van der Waals surface area contributed by atoms with Gasteiger partial charge < -0.3 is 0 Å². The molecular formula is C13H9Cl2N3O. The number of carbonyl (C=O) groups is 1. The maximum atomic E-state index is 11.7. The first-order valence-corrected chi connectivity index (χ1v) is 6.12. The average molecular weight is 294 g/mol. The second kappa shape index (κ2) is 6.31. The number of aromatic nitrogens is 1. The van der Waals surface area contributed by atoms with Gasteiger partial charge in [0.2, 0.25) is 0 Å². The Balaban J connectivity index is 2.07. The van der Waals surface area contributed by atoms with Crippen molar-refractivity contribution in [1.29, 1.82) is 0 Å². The fourth-order valence-electron chi connectivity index (χ4n) is 1.34. The molecule has 0 saturated heterocycles. The SMILES string of the molecule is O=C(N/N=C\c1c(Cl)cccc1Cl)c1ccccn1. The predicted octanol–water partition coefficient (Wildman–Crippen LogP) is 3.15. The van der Waals surface area contributed by atoms with Crippen molar-refractivity contribution >= 4 is 35.3 Å². The van der Waals surface area contributed by atoms with E-state index >= 15 is 0 Å². The van der Waals surface area contributed by atoms with Gasteiger partial charge in [0.15, 0.2) is 0 Å². The Bertz CT molecular complexity index is 594. The second-order valence-electron chi connectivity index (χ2n) is 3.55. The van der Waals surface area contributed by atoms with E-state index < -0.39 is 5.91 Å². The van der Waals surface area contributed by atoms with E-state index in [1.165, 1.54) is 12.4 Å². The molecule has 0 unspecified atom stereocenters. The summed E-state index contributed by atoms with van der Waals surface area (Å²) >= 11 is 11.9. The van der Waals surface area contributed by atoms with Crippen LogP contribution >= 0.6 is 23.2 Å². The van der Waals surface area contributed by atoms with Gasteiger partial charge in [0.05, 0.1) is 16.3 Å². The van der Waals surface area contributed by atoms with Crippen molar-refractivity contribution in [3.63, 3.8) is 0 Å². The molecule has 0 radical (unpaired) electrons. The summed E-state index contributed by atoms with van der Waals surface area (Å²) in [4.78, 5) is 15.6. The van der Waals surface area contributed by atoms with E-state index in [1.807, 2.05) is 0 Å². The summed E-state index contributed by atoms with van der Waals surface area (Å²) < 4.78 is 0. The highest BCUT2D eigenvalue weighted by Gasteiger charge is 2.05. The minimum atomic E-state index is -0.403. The van der Waals surface area contributed by atoms with Crippen molar-refractivity contribution in [2.75, 3.05) is 0 Å². The summed E-state index contributed by atoms with van der Waals surface area (Å²) in [6.07, 6.45) is 2.93. The van der Waals surface area contributed by atoms with E-state index in [2.05, 4.69) is 15.5 Å². The van der Waals surface area contributed by atoms with Crippen molar-refractivity contribution in [2.45, 2.75) is 0 Å². The third-order valence-corrected chi connectivity index (χ3v) is 2.92. The van der Waals surface area contributed by atoms with Gasteiger partial charge in [-0.05, 0) is 24.3 Å². The first kappa shape index (κ1) is 13.5. The molecule has 2 aromatic rings. The lowest BCUT2D eigenvalue weighted by molar-refractivity contribution is 0.0950. The van der Waals surface area contributed by atoms with Crippen molar-refractivity contribution in [3.05, 3.63) is 63.9 Å². The lowest BCUT2D eigenvalue weighted by atomic mass is 10.2. The average Bonchev–Trinajstić information content (AvgIpc) is 2.43. The first-order chi connectivity index (χ1) is 9.18. The third kappa shape index (κ3) is 3.53. The van der Waals surface area contributed by atoms with E-state index in [0.29, 0.717) is 15.6 Å². The molecule has 0 atom stereocenters. The van der Waals surface area contributed by atoms with E-state index in [4.69, 9.17) is 23.2 Å². The van der Waals surface area contributed by atoms with Crippen LogP contribution < -0.4 is 5.43 Å². The fraction of sp³-hybridized carbons (Fsp3) is 0. The summed E-state index contributed by atoms with van der Waals surface area (Å²) in [5.41, 5.74) is 3.18. The number of nitrogens with zero attached hydrogens (tertiary/aromatic N) is 2. The third-order valence-electron chi connectivity index (χ3n) is 2.26. The minimum absolute atomic E-state index is 0.282. The Hall–Kier alpha value is -1.91. The zero-order chi connectivity index (χ0) is 13.7. The summed E-state index contributed by atoms with van der Waals surface area (Å²) in [6, 6.07) is 10.1. The molecule has 19 heavy (non-hydrogen) atoms. The van der Waals surface area contributed by atoms with Crippen molar-refractivity contribution in [3.8, 4) is 0 Å². The van der Waals surface area contributed by atoms with Crippen LogP contribution in [0.5, 0.6) is 0 Å². The second-order valence-corrected chi connectivity index (χ2v) is 4.36. The molecule has 0 saturated carbocycles. The number of halogens is 2. The number of pyridine rings is 1. The molecule has 1 amide bonds. The highest BCUT2D eigenvalue weighted by molar-refractivity contribution is 6.38. The Morgan fingerprint density at radius 2 is 1.89 bits per heavy atom. The van der Waals surface area contributed by atoms with Crippen LogP contribution in [-0.4, -0.2) is 17.1 Å². The maximum Gasteiger partial charge on any atom is 0.289 e. The van der Waals surface area contributed by atoms with Crippen LogP contribution in [0.25, 0.3) is 0 Å². The molecule has 1 aromatic heterocycles. The Morgan fingerprint density at radius 3 is 2.53 bits per heavy atom. The summed E-state index contributed by atoms with van der Waals surface area (Å²) in [5, 5.41) is 4.73. The molecule has 0 fully saturated rings. The van der Waals surface area contributed by atoms with Gasteiger partial charge in [0.25, 0.3) is 5.91 Å². The Labute approximate surface area is 120 Å². The van der Waals surface area contributed by atoms with Crippen molar-refractivity contribution in [2.24, 2.45) is 5.10 Å². The highest BCUT2D eigenvalue weighted by Crippen LogP contribution is 2.21. The number of carbonyl (C=O) groups excluding carboxylic acids is 1. The molecule has 0 aliphatic rings. The van der Waals surface area contributed by atoms with Crippen LogP contribution in [0.15, 0.2) is 47.7 Å². The van der Waals surface area contributed by atoms with Gasteiger partial charge in [0.1, 0.15) is 5.69 Å². The van der Waals surface area contributed by atoms with Gasteiger partial charge in [-0.15, -0.1) is 0 Å². The lowest BCUT2D eigenvalue weighted by Crippen LogP contribution is -2.18. The zero-order valence-corrected chi connectivity index (χ0v) is 11.2. The molecule has 6 heteroatoms. The van der Waals surface area contributed by atoms with Gasteiger partial charge in [0, 0.05) is 11.8 Å². The fourth-order valence-corrected chi connectivity index (χ4v) is 1.84. The highest BCUT2D eigenvalue weighted by atomic mass is 35.5. The van der Waals surface area contributed by atoms with Gasteiger partial charge in [-0.25, -0.2) is 5.43 Å². The van der Waals surface area contributed by atoms with Gasteiger partial charge in [-0.1, -0.05) is 35.3 Å². The molecule has 0 aliphatic heterocycles. The number of hydrogen-bond acceptors (Lipinski definition) is 3. The molecule has 4 nitrogen and oxygen atoms in total. The topological polar surface area (TPSA) is 54.4 Å². The van der Waals surface area contributed by atoms with Gasteiger partial charge >= 0.3 is 0 Å². The minimum Gasteiger partial charge on any atom is -0.266 e. The van der Waals surface area contributed by atoms with E-state index in [-0.39, 0.29) is 5.69 Å². The molecule has 0 spiro atoms. The summed E-state index contributed by atoms with van der Waals surface area (Å²) in [5.74, 6) is -0.403. The lowest BCUT2D eigenvalue weighted by Gasteiger charge is -2.01. The Morgan fingerprint density at radius 1 is 1.16 bits per heavy atom. The monoisotopic (exact) mass is 293 g/mol. The smallest absolute Gasteiger partial charge is 0.266 e. The molecular weight excluding hydrogens is 285 g/mol. The quantitative estimate of drug-likeness (QED) is 0.698. The van der Waals surface area contributed by atoms with Crippen LogP contribution in [0.3, 0.4) is 0 Å². The normalized spacial score (nSPS) is 10.6. The van der Waals surface area contributed by atoms with E-state index in [1.54, 1.807) is 36.4 Å². The van der Waals surface area contributed by atoms with Gasteiger partial charge in [-0.3, -0.25) is 9.78 Å². The molecule has 0 aliphatic carbocycles. The number of nitrogens with one attached hydrogen (secondary N) is 1. The summed E-state index contributed by atoms with van der Waals surface area (Å²) in [7, 11) is 0. The zero-order valence-electron chi connectivity index (χ0n) is 9.68.